The van der Waals surface area contributed by atoms with Gasteiger partial charge in [-0.1, -0.05) is 91.0 Å². The molecular weight excluding hydrogens is 498 g/mol. The van der Waals surface area contributed by atoms with E-state index in [1.165, 1.54) is 14.0 Å². The number of hydrogen-bond donors (Lipinski definition) is 3. The first-order valence-electron chi connectivity index (χ1n) is 12.6. The molecule has 204 valence electrons. The summed E-state index contributed by atoms with van der Waals surface area (Å²) in [6, 6.07) is 24.5. The number of benzene rings is 3. The molecule has 3 aromatic carbocycles. The predicted molar refractivity (Wildman–Crippen MR) is 145 cm³/mol. The van der Waals surface area contributed by atoms with Crippen molar-refractivity contribution in [3.63, 3.8) is 0 Å². The second-order valence-corrected chi connectivity index (χ2v) is 8.95. The molecule has 0 bridgehead atoms. The smallest absolute Gasteiger partial charge is 0.408 e. The standard InChI is InChI=1S/C30H33N3O6/c1-21(31-30(37)39-20-24-16-10-5-11-17-24)27(34)32-25(18-22-12-6-3-7-13-22)28(35)33-26(29(36)38-2)19-23-14-8-4-9-15-23/h3-17,21,25-26H,18-20H2,1-2H3,(H,31,37)(H,32,34)(H,33,35)/t21-,25-,26-/m0/s1. The Morgan fingerprint density at radius 2 is 1.10 bits per heavy atom. The number of esters is 1. The first-order chi connectivity index (χ1) is 18.9. The molecule has 0 unspecified atom stereocenters. The number of methoxy groups -OCH3 is 1. The highest BCUT2D eigenvalue weighted by Gasteiger charge is 2.29. The molecule has 0 aliphatic heterocycles. The minimum atomic E-state index is -1.02. The van der Waals surface area contributed by atoms with Crippen LogP contribution in [0, 0.1) is 0 Å². The molecule has 0 aromatic heterocycles. The molecule has 0 heterocycles. The fourth-order valence-corrected chi connectivity index (χ4v) is 3.82. The van der Waals surface area contributed by atoms with Crippen molar-refractivity contribution >= 4 is 23.9 Å². The minimum absolute atomic E-state index is 0.0520. The largest absolute Gasteiger partial charge is 0.467 e. The molecule has 3 rings (SSSR count). The second kappa shape index (κ2) is 14.9. The molecule has 0 saturated carbocycles. The van der Waals surface area contributed by atoms with E-state index in [2.05, 4.69) is 16.0 Å². The zero-order valence-electron chi connectivity index (χ0n) is 22.0. The predicted octanol–water partition coefficient (Wildman–Crippen LogP) is 2.93. The van der Waals surface area contributed by atoms with E-state index < -0.39 is 42.0 Å². The fourth-order valence-electron chi connectivity index (χ4n) is 3.82. The van der Waals surface area contributed by atoms with Crippen LogP contribution in [-0.2, 0) is 43.3 Å². The first-order valence-corrected chi connectivity index (χ1v) is 12.6. The average Bonchev–Trinajstić information content (AvgIpc) is 2.96. The number of nitrogens with one attached hydrogen (secondary N) is 3. The lowest BCUT2D eigenvalue weighted by Crippen LogP contribution is -2.56. The van der Waals surface area contributed by atoms with Crippen molar-refractivity contribution in [3.05, 3.63) is 108 Å². The minimum Gasteiger partial charge on any atom is -0.467 e. The highest BCUT2D eigenvalue weighted by atomic mass is 16.5. The van der Waals surface area contributed by atoms with E-state index in [1.54, 1.807) is 0 Å². The summed E-state index contributed by atoms with van der Waals surface area (Å²) in [5.41, 5.74) is 2.45. The van der Waals surface area contributed by atoms with E-state index >= 15 is 0 Å². The monoisotopic (exact) mass is 531 g/mol. The molecule has 0 spiro atoms. The van der Waals surface area contributed by atoms with Crippen LogP contribution in [0.3, 0.4) is 0 Å². The Bertz CT molecular complexity index is 1220. The summed E-state index contributed by atoms with van der Waals surface area (Å²) in [6.07, 6.45) is -0.376. The Kier molecular flexibility index (Phi) is 11.1. The van der Waals surface area contributed by atoms with Gasteiger partial charge in [-0.2, -0.15) is 0 Å². The molecule has 9 heteroatoms. The van der Waals surface area contributed by atoms with Gasteiger partial charge in [0.15, 0.2) is 0 Å². The molecule has 9 nitrogen and oxygen atoms in total. The van der Waals surface area contributed by atoms with Crippen molar-refractivity contribution in [1.82, 2.24) is 16.0 Å². The van der Waals surface area contributed by atoms with Gasteiger partial charge < -0.3 is 25.4 Å². The maximum atomic E-state index is 13.4. The Morgan fingerprint density at radius 1 is 0.641 bits per heavy atom. The van der Waals surface area contributed by atoms with Crippen molar-refractivity contribution in [2.75, 3.05) is 7.11 Å². The highest BCUT2D eigenvalue weighted by molar-refractivity contribution is 5.93. The van der Waals surface area contributed by atoms with Crippen LogP contribution in [0.2, 0.25) is 0 Å². The van der Waals surface area contributed by atoms with Crippen molar-refractivity contribution < 1.29 is 28.7 Å². The quantitative estimate of drug-likeness (QED) is 0.309. The van der Waals surface area contributed by atoms with E-state index in [4.69, 9.17) is 9.47 Å². The van der Waals surface area contributed by atoms with Crippen LogP contribution >= 0.6 is 0 Å². The zero-order chi connectivity index (χ0) is 28.0. The van der Waals surface area contributed by atoms with Crippen LogP contribution in [0.4, 0.5) is 4.79 Å². The van der Waals surface area contributed by atoms with E-state index in [0.717, 1.165) is 16.7 Å². The molecule has 39 heavy (non-hydrogen) atoms. The van der Waals surface area contributed by atoms with Gasteiger partial charge in [0.05, 0.1) is 7.11 Å². The molecule has 0 aliphatic rings. The number of amides is 3. The van der Waals surface area contributed by atoms with Gasteiger partial charge in [-0.25, -0.2) is 9.59 Å². The number of carbonyl (C=O) groups excluding carboxylic acids is 4. The number of rotatable bonds is 12. The maximum Gasteiger partial charge on any atom is 0.408 e. The second-order valence-electron chi connectivity index (χ2n) is 8.95. The normalized spacial score (nSPS) is 12.8. The van der Waals surface area contributed by atoms with Gasteiger partial charge in [-0.15, -0.1) is 0 Å². The van der Waals surface area contributed by atoms with Crippen LogP contribution < -0.4 is 16.0 Å². The summed E-state index contributed by atoms with van der Waals surface area (Å²) in [5.74, 6) is -1.74. The van der Waals surface area contributed by atoms with Gasteiger partial charge in [0.1, 0.15) is 24.7 Å². The third kappa shape index (κ3) is 9.62. The summed E-state index contributed by atoms with van der Waals surface area (Å²) >= 11 is 0. The lowest BCUT2D eigenvalue weighted by molar-refractivity contribution is -0.145. The topological polar surface area (TPSA) is 123 Å². The summed E-state index contributed by atoms with van der Waals surface area (Å²) in [5, 5.41) is 7.90. The number of carbonyl (C=O) groups is 4. The van der Waals surface area contributed by atoms with E-state index in [9.17, 15) is 19.2 Å². The molecular formula is C30H33N3O6. The van der Waals surface area contributed by atoms with Crippen LogP contribution in [-0.4, -0.2) is 49.1 Å². The summed E-state index contributed by atoms with van der Waals surface area (Å²) in [7, 11) is 1.25. The summed E-state index contributed by atoms with van der Waals surface area (Å²) in [4.78, 5) is 51.0. The molecule has 0 saturated heterocycles. The van der Waals surface area contributed by atoms with Crippen LogP contribution in [0.5, 0.6) is 0 Å². The molecule has 3 aromatic rings. The lowest BCUT2D eigenvalue weighted by Gasteiger charge is -2.24. The van der Waals surface area contributed by atoms with Crippen molar-refractivity contribution in [3.8, 4) is 0 Å². The lowest BCUT2D eigenvalue weighted by atomic mass is 10.0. The van der Waals surface area contributed by atoms with E-state index in [0.29, 0.717) is 0 Å². The van der Waals surface area contributed by atoms with Gasteiger partial charge in [0.25, 0.3) is 0 Å². The number of ether oxygens (including phenoxy) is 2. The van der Waals surface area contributed by atoms with Gasteiger partial charge >= 0.3 is 12.1 Å². The Hall–Kier alpha value is -4.66. The van der Waals surface area contributed by atoms with Gasteiger partial charge in [-0.3, -0.25) is 9.59 Å². The van der Waals surface area contributed by atoms with Crippen molar-refractivity contribution in [2.24, 2.45) is 0 Å². The Balaban J connectivity index is 1.66. The first kappa shape index (κ1) is 28.9. The third-order valence-corrected chi connectivity index (χ3v) is 5.94. The van der Waals surface area contributed by atoms with Crippen LogP contribution in [0.15, 0.2) is 91.0 Å². The molecule has 0 radical (unpaired) electrons. The molecule has 3 N–H and O–H groups in total. The zero-order valence-corrected chi connectivity index (χ0v) is 22.0. The average molecular weight is 532 g/mol. The van der Waals surface area contributed by atoms with Crippen LogP contribution in [0.1, 0.15) is 23.6 Å². The Morgan fingerprint density at radius 3 is 1.62 bits per heavy atom. The maximum absolute atomic E-state index is 13.4. The SMILES string of the molecule is COC(=O)[C@H](Cc1ccccc1)NC(=O)[C@H](Cc1ccccc1)NC(=O)[C@H](C)NC(=O)OCc1ccccc1. The van der Waals surface area contributed by atoms with Gasteiger partial charge in [-0.05, 0) is 23.6 Å². The van der Waals surface area contributed by atoms with Gasteiger partial charge in [0, 0.05) is 12.8 Å². The summed E-state index contributed by atoms with van der Waals surface area (Å²) < 4.78 is 10.1. The fraction of sp³-hybridized carbons (Fsp3) is 0.267. The van der Waals surface area contributed by atoms with Crippen LogP contribution in [0.25, 0.3) is 0 Å². The summed E-state index contributed by atoms with van der Waals surface area (Å²) in [6.45, 7) is 1.54. The molecule has 3 amide bonds. The molecule has 0 aliphatic carbocycles. The van der Waals surface area contributed by atoms with Crippen molar-refractivity contribution in [1.29, 1.82) is 0 Å². The van der Waals surface area contributed by atoms with Gasteiger partial charge in [0.2, 0.25) is 11.8 Å². The number of alkyl carbamates (subject to hydrolysis) is 1. The highest BCUT2D eigenvalue weighted by Crippen LogP contribution is 2.08. The third-order valence-electron chi connectivity index (χ3n) is 5.94. The molecule has 0 fully saturated rings. The number of hydrogen-bond acceptors (Lipinski definition) is 6. The van der Waals surface area contributed by atoms with E-state index in [-0.39, 0.29) is 19.4 Å². The van der Waals surface area contributed by atoms with E-state index in [1.807, 2.05) is 91.0 Å². The Labute approximate surface area is 227 Å². The van der Waals surface area contributed by atoms with Crippen molar-refractivity contribution in [2.45, 2.75) is 44.5 Å². The molecule has 3 atom stereocenters.